The normalized spacial score (nSPS) is 20.7. The summed E-state index contributed by atoms with van der Waals surface area (Å²) in [5.41, 5.74) is 3.15. The molecule has 3 aromatic rings. The molecule has 0 radical (unpaired) electrons. The van der Waals surface area contributed by atoms with E-state index >= 15 is 0 Å². The Morgan fingerprint density at radius 3 is 2.76 bits per heavy atom. The van der Waals surface area contributed by atoms with Gasteiger partial charge in [0.15, 0.2) is 5.65 Å². The van der Waals surface area contributed by atoms with Gasteiger partial charge in [0, 0.05) is 17.8 Å². The molecule has 0 unspecified atom stereocenters. The maximum Gasteiger partial charge on any atom is 0.154 e. The van der Waals surface area contributed by atoms with Crippen molar-refractivity contribution in [2.45, 2.75) is 44.4 Å². The Morgan fingerprint density at radius 2 is 1.96 bits per heavy atom. The van der Waals surface area contributed by atoms with E-state index in [0.717, 1.165) is 48.4 Å². The van der Waals surface area contributed by atoms with E-state index in [1.165, 1.54) is 0 Å². The maximum absolute atomic E-state index is 9.63. The lowest BCUT2D eigenvalue weighted by Gasteiger charge is -2.26. The average molecular weight is 339 g/mol. The van der Waals surface area contributed by atoms with Gasteiger partial charge in [0.1, 0.15) is 5.82 Å². The van der Waals surface area contributed by atoms with Gasteiger partial charge in [-0.2, -0.15) is 0 Å². The zero-order chi connectivity index (χ0) is 17.2. The summed E-state index contributed by atoms with van der Waals surface area (Å²) in [4.78, 5) is 8.52. The first-order chi connectivity index (χ1) is 12.2. The van der Waals surface area contributed by atoms with E-state index in [9.17, 15) is 10.2 Å². The third kappa shape index (κ3) is 3.33. The first kappa shape index (κ1) is 16.0. The highest BCUT2D eigenvalue weighted by molar-refractivity contribution is 5.63. The summed E-state index contributed by atoms with van der Waals surface area (Å²) in [5, 5.41) is 27.1. The van der Waals surface area contributed by atoms with Crippen molar-refractivity contribution in [2.75, 3.05) is 5.32 Å². The van der Waals surface area contributed by atoms with Crippen LogP contribution in [0.1, 0.15) is 31.4 Å². The van der Waals surface area contributed by atoms with Crippen LogP contribution in [-0.2, 0) is 6.61 Å². The van der Waals surface area contributed by atoms with Gasteiger partial charge in [0.2, 0.25) is 0 Å². The number of aliphatic hydroxyl groups is 2. The number of pyridine rings is 1. The molecule has 0 saturated heterocycles. The van der Waals surface area contributed by atoms with Crippen LogP contribution in [-0.4, -0.2) is 41.9 Å². The van der Waals surface area contributed by atoms with Gasteiger partial charge < -0.3 is 15.5 Å². The summed E-state index contributed by atoms with van der Waals surface area (Å²) < 4.78 is 1.80. The highest BCUT2D eigenvalue weighted by Gasteiger charge is 2.19. The number of hydrogen-bond acceptors (Lipinski definition) is 6. The lowest BCUT2D eigenvalue weighted by Crippen LogP contribution is -2.28. The number of fused-ring (bicyclic) bond motifs is 1. The molecule has 0 atom stereocenters. The summed E-state index contributed by atoms with van der Waals surface area (Å²) in [6, 6.07) is 7.93. The van der Waals surface area contributed by atoms with Crippen molar-refractivity contribution in [3.05, 3.63) is 42.4 Å². The standard InChI is InChI=1S/C18H21N5O2/c24-11-14-9-12(7-8-19-14)16-10-20-18-6-5-17(22-23(16)18)21-13-1-3-15(25)4-2-13/h5-10,13,15,24-25H,1-4,11H2,(H,21,22). The van der Waals surface area contributed by atoms with Crippen molar-refractivity contribution in [1.29, 1.82) is 0 Å². The second-order valence-electron chi connectivity index (χ2n) is 6.48. The number of nitrogens with zero attached hydrogens (tertiary/aromatic N) is 4. The number of nitrogens with one attached hydrogen (secondary N) is 1. The van der Waals surface area contributed by atoms with E-state index in [1.807, 2.05) is 24.3 Å². The smallest absolute Gasteiger partial charge is 0.154 e. The van der Waals surface area contributed by atoms with Gasteiger partial charge >= 0.3 is 0 Å². The Bertz CT molecular complexity index is 871. The minimum absolute atomic E-state index is 0.0989. The molecule has 4 rings (SSSR count). The fourth-order valence-corrected chi connectivity index (χ4v) is 3.30. The van der Waals surface area contributed by atoms with Crippen molar-refractivity contribution in [1.82, 2.24) is 19.6 Å². The quantitative estimate of drug-likeness (QED) is 0.673. The molecule has 7 nitrogen and oxygen atoms in total. The third-order valence-corrected chi connectivity index (χ3v) is 4.69. The topological polar surface area (TPSA) is 95.6 Å². The summed E-state index contributed by atoms with van der Waals surface area (Å²) >= 11 is 0. The molecule has 3 aromatic heterocycles. The van der Waals surface area contributed by atoms with Crippen LogP contribution in [0.25, 0.3) is 16.9 Å². The van der Waals surface area contributed by atoms with Gasteiger partial charge in [-0.25, -0.2) is 9.50 Å². The van der Waals surface area contributed by atoms with Crippen LogP contribution in [0.3, 0.4) is 0 Å². The first-order valence-electron chi connectivity index (χ1n) is 8.58. The van der Waals surface area contributed by atoms with Crippen molar-refractivity contribution < 1.29 is 10.2 Å². The SMILES string of the molecule is OCc1cc(-c2cnc3ccc(NC4CCC(O)CC4)nn23)ccn1. The van der Waals surface area contributed by atoms with Crippen LogP contribution in [0.15, 0.2) is 36.7 Å². The molecule has 130 valence electrons. The molecule has 0 aliphatic heterocycles. The Kier molecular flexibility index (Phi) is 4.33. The van der Waals surface area contributed by atoms with Gasteiger partial charge in [0.25, 0.3) is 0 Å². The first-order valence-corrected chi connectivity index (χ1v) is 8.58. The lowest BCUT2D eigenvalue weighted by atomic mass is 9.93. The molecule has 0 bridgehead atoms. The van der Waals surface area contributed by atoms with Crippen LogP contribution in [0.2, 0.25) is 0 Å². The van der Waals surface area contributed by atoms with Crippen molar-refractivity contribution in [3.8, 4) is 11.3 Å². The van der Waals surface area contributed by atoms with E-state index in [4.69, 9.17) is 0 Å². The molecule has 1 saturated carbocycles. The summed E-state index contributed by atoms with van der Waals surface area (Å²) in [6.07, 6.45) is 6.84. The fraction of sp³-hybridized carbons (Fsp3) is 0.389. The zero-order valence-electron chi connectivity index (χ0n) is 13.8. The highest BCUT2D eigenvalue weighted by atomic mass is 16.3. The molecular formula is C18H21N5O2. The summed E-state index contributed by atoms with van der Waals surface area (Å²) in [6.45, 7) is -0.0989. The zero-order valence-corrected chi connectivity index (χ0v) is 13.8. The van der Waals surface area contributed by atoms with Gasteiger partial charge in [-0.15, -0.1) is 5.10 Å². The maximum atomic E-state index is 9.63. The lowest BCUT2D eigenvalue weighted by molar-refractivity contribution is 0.126. The summed E-state index contributed by atoms with van der Waals surface area (Å²) in [7, 11) is 0. The summed E-state index contributed by atoms with van der Waals surface area (Å²) in [5.74, 6) is 0.796. The van der Waals surface area contributed by atoms with E-state index in [1.54, 1.807) is 16.9 Å². The molecule has 1 aliphatic rings. The Balaban J connectivity index is 1.63. The average Bonchev–Trinajstić information content (AvgIpc) is 3.07. The van der Waals surface area contributed by atoms with Gasteiger partial charge in [-0.3, -0.25) is 4.98 Å². The van der Waals surface area contributed by atoms with E-state index in [0.29, 0.717) is 11.7 Å². The van der Waals surface area contributed by atoms with Crippen LogP contribution in [0.4, 0.5) is 5.82 Å². The fourth-order valence-electron chi connectivity index (χ4n) is 3.30. The Labute approximate surface area is 145 Å². The molecule has 3 N–H and O–H groups in total. The molecule has 0 aromatic carbocycles. The number of imidazole rings is 1. The highest BCUT2D eigenvalue weighted by Crippen LogP contribution is 2.24. The van der Waals surface area contributed by atoms with Crippen molar-refractivity contribution in [3.63, 3.8) is 0 Å². The number of rotatable bonds is 4. The number of aliphatic hydroxyl groups excluding tert-OH is 2. The molecular weight excluding hydrogens is 318 g/mol. The van der Waals surface area contributed by atoms with Crippen LogP contribution in [0, 0.1) is 0 Å². The molecule has 0 amide bonds. The van der Waals surface area contributed by atoms with Crippen LogP contribution >= 0.6 is 0 Å². The van der Waals surface area contributed by atoms with E-state index < -0.39 is 0 Å². The molecule has 1 aliphatic carbocycles. The molecule has 7 heteroatoms. The second kappa shape index (κ2) is 6.78. The van der Waals surface area contributed by atoms with Gasteiger partial charge in [-0.1, -0.05) is 0 Å². The number of aromatic nitrogens is 4. The van der Waals surface area contributed by atoms with Crippen molar-refractivity contribution in [2.24, 2.45) is 0 Å². The molecule has 1 fully saturated rings. The predicted molar refractivity (Wildman–Crippen MR) is 94.0 cm³/mol. The monoisotopic (exact) mass is 339 g/mol. The van der Waals surface area contributed by atoms with Crippen LogP contribution in [0.5, 0.6) is 0 Å². The largest absolute Gasteiger partial charge is 0.393 e. The second-order valence-corrected chi connectivity index (χ2v) is 6.48. The number of hydrogen-bond donors (Lipinski definition) is 3. The van der Waals surface area contributed by atoms with Crippen LogP contribution < -0.4 is 5.32 Å². The van der Waals surface area contributed by atoms with E-state index in [2.05, 4.69) is 20.4 Å². The molecule has 0 spiro atoms. The minimum Gasteiger partial charge on any atom is -0.393 e. The van der Waals surface area contributed by atoms with Gasteiger partial charge in [-0.05, 0) is 49.9 Å². The Hall–Kier alpha value is -2.51. The van der Waals surface area contributed by atoms with Crippen molar-refractivity contribution >= 4 is 11.5 Å². The predicted octanol–water partition coefficient (Wildman–Crippen LogP) is 2.00. The number of anilines is 1. The molecule has 3 heterocycles. The third-order valence-electron chi connectivity index (χ3n) is 4.69. The Morgan fingerprint density at radius 1 is 1.12 bits per heavy atom. The minimum atomic E-state index is -0.166. The van der Waals surface area contributed by atoms with E-state index in [-0.39, 0.29) is 12.7 Å². The van der Waals surface area contributed by atoms with Gasteiger partial charge in [0.05, 0.1) is 30.3 Å². The molecule has 25 heavy (non-hydrogen) atoms.